The number of hydrogen-bond donors (Lipinski definition) is 0. The van der Waals surface area contributed by atoms with Crippen LogP contribution < -0.4 is 0 Å². The predicted molar refractivity (Wildman–Crippen MR) is 178 cm³/mol. The summed E-state index contributed by atoms with van der Waals surface area (Å²) in [4.78, 5) is 4.15. The third kappa shape index (κ3) is 4.61. The molecular formula is C40H19N7. The molecule has 7 nitrogen and oxygen atoms in total. The van der Waals surface area contributed by atoms with Gasteiger partial charge in [-0.2, -0.15) is 26.3 Å². The lowest BCUT2D eigenvalue weighted by Crippen LogP contribution is -2.00. The highest BCUT2D eigenvalue weighted by Crippen LogP contribution is 2.43. The van der Waals surface area contributed by atoms with Gasteiger partial charge < -0.3 is 4.57 Å². The third-order valence-electron chi connectivity index (χ3n) is 8.30. The highest BCUT2D eigenvalue weighted by Gasteiger charge is 2.22. The number of para-hydroxylation sites is 2. The van der Waals surface area contributed by atoms with Crippen LogP contribution in [-0.4, -0.2) is 9.55 Å². The van der Waals surface area contributed by atoms with E-state index >= 15 is 0 Å². The minimum absolute atomic E-state index is 0.366. The highest BCUT2D eigenvalue weighted by molar-refractivity contribution is 6.17. The molecule has 0 saturated carbocycles. The van der Waals surface area contributed by atoms with Crippen molar-refractivity contribution in [3.05, 3.63) is 143 Å². The SMILES string of the molecule is N#Cc1ccc(-c2cccc3c4cccc(-c5ccc(C#N)cc5C#N)c4n(-c4ccc(C#N)c(-c5ccncc5)c4)c23)c(C#N)c1. The van der Waals surface area contributed by atoms with Crippen LogP contribution in [-0.2, 0) is 0 Å². The largest absolute Gasteiger partial charge is 0.308 e. The molecule has 0 aliphatic heterocycles. The second kappa shape index (κ2) is 11.5. The number of fused-ring (bicyclic) bond motifs is 3. The molecule has 7 rings (SSSR count). The monoisotopic (exact) mass is 597 g/mol. The van der Waals surface area contributed by atoms with E-state index < -0.39 is 0 Å². The van der Waals surface area contributed by atoms with Gasteiger partial charge in [0.2, 0.25) is 0 Å². The Kier molecular flexibility index (Phi) is 6.94. The molecule has 0 spiro atoms. The molecule has 0 fully saturated rings. The van der Waals surface area contributed by atoms with Gasteiger partial charge in [-0.05, 0) is 60.2 Å². The van der Waals surface area contributed by atoms with Crippen molar-refractivity contribution in [1.29, 1.82) is 26.3 Å². The number of nitriles is 5. The molecule has 0 unspecified atom stereocenters. The predicted octanol–water partition coefficient (Wildman–Crippen LogP) is 8.54. The first kappa shape index (κ1) is 28.3. The van der Waals surface area contributed by atoms with Crippen LogP contribution in [0.15, 0.2) is 116 Å². The van der Waals surface area contributed by atoms with E-state index in [1.807, 2.05) is 60.7 Å². The molecule has 7 aromatic rings. The van der Waals surface area contributed by atoms with Crippen molar-refractivity contribution in [2.75, 3.05) is 0 Å². The van der Waals surface area contributed by atoms with Gasteiger partial charge >= 0.3 is 0 Å². The summed E-state index contributed by atoms with van der Waals surface area (Å²) >= 11 is 0. The van der Waals surface area contributed by atoms with Crippen LogP contribution in [0.2, 0.25) is 0 Å². The Morgan fingerprint density at radius 2 is 0.979 bits per heavy atom. The average Bonchev–Trinajstić information content (AvgIpc) is 3.49. The molecule has 214 valence electrons. The second-order valence-corrected chi connectivity index (χ2v) is 10.8. The Balaban J connectivity index is 1.67. The minimum Gasteiger partial charge on any atom is -0.308 e. The van der Waals surface area contributed by atoms with Gasteiger partial charge in [0.1, 0.15) is 0 Å². The third-order valence-corrected chi connectivity index (χ3v) is 8.30. The van der Waals surface area contributed by atoms with Crippen LogP contribution >= 0.6 is 0 Å². The van der Waals surface area contributed by atoms with Crippen molar-refractivity contribution >= 4 is 21.8 Å². The van der Waals surface area contributed by atoms with Crippen LogP contribution in [0.1, 0.15) is 27.8 Å². The van der Waals surface area contributed by atoms with Crippen LogP contribution in [0.25, 0.3) is 60.9 Å². The van der Waals surface area contributed by atoms with E-state index in [0.717, 1.165) is 49.7 Å². The zero-order chi connectivity index (χ0) is 32.5. The van der Waals surface area contributed by atoms with Crippen molar-refractivity contribution in [2.24, 2.45) is 0 Å². The maximum atomic E-state index is 10.2. The molecule has 0 aliphatic rings. The summed E-state index contributed by atoms with van der Waals surface area (Å²) in [5.74, 6) is 0. The standard InChI is InChI=1S/C40H19N7/c41-20-25-7-11-32(29(17-25)23-44)34-3-1-5-36-37-6-2-4-35(33-12-8-26(21-42)18-30(33)24-45)40(37)47(39(34)36)31-10-9-28(22-43)38(19-31)27-13-15-46-16-14-27/h1-19H. The summed E-state index contributed by atoms with van der Waals surface area (Å²) in [5.41, 5.74) is 8.84. The second-order valence-electron chi connectivity index (χ2n) is 10.8. The van der Waals surface area contributed by atoms with Crippen LogP contribution in [0.4, 0.5) is 0 Å². The number of nitrogens with zero attached hydrogens (tertiary/aromatic N) is 7. The summed E-state index contributed by atoms with van der Waals surface area (Å²) in [6.45, 7) is 0. The quantitative estimate of drug-likeness (QED) is 0.199. The van der Waals surface area contributed by atoms with E-state index in [0.29, 0.717) is 38.9 Å². The Bertz CT molecular complexity index is 2500. The summed E-state index contributed by atoms with van der Waals surface area (Å²) in [7, 11) is 0. The number of pyridine rings is 1. The smallest absolute Gasteiger partial charge is 0.0998 e. The fraction of sp³-hybridized carbons (Fsp3) is 0. The van der Waals surface area contributed by atoms with Crippen molar-refractivity contribution in [1.82, 2.24) is 9.55 Å². The van der Waals surface area contributed by atoms with Gasteiger partial charge in [0.05, 0.1) is 69.2 Å². The van der Waals surface area contributed by atoms with E-state index in [-0.39, 0.29) is 0 Å². The van der Waals surface area contributed by atoms with Crippen LogP contribution in [0.5, 0.6) is 0 Å². The van der Waals surface area contributed by atoms with E-state index in [4.69, 9.17) is 0 Å². The van der Waals surface area contributed by atoms with Gasteiger partial charge in [-0.1, -0.05) is 48.5 Å². The van der Waals surface area contributed by atoms with Crippen molar-refractivity contribution < 1.29 is 0 Å². The molecule has 0 amide bonds. The van der Waals surface area contributed by atoms with Crippen LogP contribution in [0.3, 0.4) is 0 Å². The minimum atomic E-state index is 0.366. The first-order valence-electron chi connectivity index (χ1n) is 14.5. The summed E-state index contributed by atoms with van der Waals surface area (Å²) in [5, 5.41) is 51.2. The Hall–Kier alpha value is -7.50. The van der Waals surface area contributed by atoms with Gasteiger partial charge in [0.15, 0.2) is 0 Å². The number of hydrogen-bond acceptors (Lipinski definition) is 6. The van der Waals surface area contributed by atoms with Crippen molar-refractivity contribution in [2.45, 2.75) is 0 Å². The summed E-state index contributed by atoms with van der Waals surface area (Å²) in [6, 6.07) is 42.5. The molecule has 7 heteroatoms. The molecule has 0 aliphatic carbocycles. The lowest BCUT2D eigenvalue weighted by molar-refractivity contribution is 1.18. The van der Waals surface area contributed by atoms with Gasteiger partial charge in [-0.25, -0.2) is 0 Å². The number of rotatable bonds is 4. The number of aromatic nitrogens is 2. The number of benzene rings is 5. The van der Waals surface area contributed by atoms with E-state index in [2.05, 4.69) is 39.9 Å². The summed E-state index contributed by atoms with van der Waals surface area (Å²) in [6.07, 6.45) is 3.37. The Morgan fingerprint density at radius 3 is 1.47 bits per heavy atom. The van der Waals surface area contributed by atoms with Gasteiger partial charge in [0, 0.05) is 56.7 Å². The maximum absolute atomic E-state index is 10.2. The molecule has 2 heterocycles. The lowest BCUT2D eigenvalue weighted by Gasteiger charge is -2.16. The van der Waals surface area contributed by atoms with E-state index in [9.17, 15) is 26.3 Å². The fourth-order valence-electron chi connectivity index (χ4n) is 6.23. The molecule has 2 aromatic heterocycles. The molecule has 47 heavy (non-hydrogen) atoms. The van der Waals surface area contributed by atoms with Gasteiger partial charge in [-0.3, -0.25) is 4.98 Å². The first-order valence-corrected chi connectivity index (χ1v) is 14.5. The van der Waals surface area contributed by atoms with Gasteiger partial charge in [-0.15, -0.1) is 0 Å². The molecule has 0 radical (unpaired) electrons. The fourth-order valence-corrected chi connectivity index (χ4v) is 6.23. The molecule has 0 saturated heterocycles. The lowest BCUT2D eigenvalue weighted by atomic mass is 9.95. The molecule has 5 aromatic carbocycles. The molecule has 0 N–H and O–H groups in total. The first-order chi connectivity index (χ1) is 23.1. The normalized spacial score (nSPS) is 10.4. The average molecular weight is 598 g/mol. The molecule has 0 atom stereocenters. The zero-order valence-corrected chi connectivity index (χ0v) is 24.6. The van der Waals surface area contributed by atoms with Gasteiger partial charge in [0.25, 0.3) is 0 Å². The van der Waals surface area contributed by atoms with Crippen molar-refractivity contribution in [3.63, 3.8) is 0 Å². The zero-order valence-electron chi connectivity index (χ0n) is 24.6. The molecule has 0 bridgehead atoms. The van der Waals surface area contributed by atoms with Crippen LogP contribution in [0, 0.1) is 56.7 Å². The van der Waals surface area contributed by atoms with E-state index in [1.165, 1.54) is 0 Å². The Labute approximate surface area is 269 Å². The maximum Gasteiger partial charge on any atom is 0.0998 e. The topological polar surface area (TPSA) is 137 Å². The summed E-state index contributed by atoms with van der Waals surface area (Å²) < 4.78 is 2.11. The molecular weight excluding hydrogens is 578 g/mol. The highest BCUT2D eigenvalue weighted by atomic mass is 15.0. The van der Waals surface area contributed by atoms with E-state index in [1.54, 1.807) is 54.9 Å². The van der Waals surface area contributed by atoms with Crippen molar-refractivity contribution in [3.8, 4) is 69.4 Å². The Morgan fingerprint density at radius 1 is 0.447 bits per heavy atom.